The molecular weight excluding hydrogens is 222 g/mol. The minimum atomic E-state index is -0.905. The van der Waals surface area contributed by atoms with Gasteiger partial charge in [0, 0.05) is 19.7 Å². The third-order valence-electron chi connectivity index (χ3n) is 3.08. The first-order chi connectivity index (χ1) is 7.85. The average Bonchev–Trinajstić information content (AvgIpc) is 2.22. The van der Waals surface area contributed by atoms with Crippen molar-refractivity contribution in [3.63, 3.8) is 0 Å². The number of hydrogen-bond acceptors (Lipinski definition) is 5. The molecule has 0 heterocycles. The lowest BCUT2D eigenvalue weighted by atomic mass is 9.64. The first-order valence-corrected chi connectivity index (χ1v) is 5.41. The molecular formula is C12H17NO4. The Hall–Kier alpha value is -1.52. The van der Waals surface area contributed by atoms with Crippen molar-refractivity contribution in [2.45, 2.75) is 20.3 Å². The molecule has 17 heavy (non-hydrogen) atoms. The van der Waals surface area contributed by atoms with Crippen molar-refractivity contribution in [1.29, 1.82) is 0 Å². The standard InChI is InChI=1S/C12H17NO4/c1-12(2)5-8(14)7(6-13-3)10(15)9(12)11(16)17-4/h6-7,9H,5H2,1-4H3/t7-,9-/m0/s1. The number of nitrogens with zero attached hydrogens (tertiary/aromatic N) is 1. The molecule has 0 N–H and O–H groups in total. The Balaban J connectivity index is 3.13. The van der Waals surface area contributed by atoms with E-state index in [2.05, 4.69) is 9.73 Å². The van der Waals surface area contributed by atoms with Gasteiger partial charge in [-0.1, -0.05) is 13.8 Å². The van der Waals surface area contributed by atoms with E-state index in [9.17, 15) is 14.4 Å². The average molecular weight is 239 g/mol. The summed E-state index contributed by atoms with van der Waals surface area (Å²) in [6, 6.07) is 0. The zero-order valence-electron chi connectivity index (χ0n) is 10.5. The molecule has 1 saturated carbocycles. The molecule has 0 radical (unpaired) electrons. The van der Waals surface area contributed by atoms with Crippen molar-refractivity contribution in [2.75, 3.05) is 14.2 Å². The fourth-order valence-electron chi connectivity index (χ4n) is 2.24. The molecule has 5 nitrogen and oxygen atoms in total. The molecule has 94 valence electrons. The molecule has 1 aliphatic rings. The molecule has 1 rings (SSSR count). The number of rotatable bonds is 2. The van der Waals surface area contributed by atoms with E-state index < -0.39 is 29.0 Å². The summed E-state index contributed by atoms with van der Waals surface area (Å²) in [5.41, 5.74) is -0.695. The lowest BCUT2D eigenvalue weighted by molar-refractivity contribution is -0.159. The monoisotopic (exact) mass is 239 g/mol. The second kappa shape index (κ2) is 4.77. The zero-order chi connectivity index (χ0) is 13.2. The molecule has 0 saturated heterocycles. The normalized spacial score (nSPS) is 28.5. The molecule has 1 aliphatic carbocycles. The fourth-order valence-corrected chi connectivity index (χ4v) is 2.24. The number of carbonyl (C=O) groups excluding carboxylic acids is 3. The van der Waals surface area contributed by atoms with Gasteiger partial charge in [-0.3, -0.25) is 19.4 Å². The highest BCUT2D eigenvalue weighted by Gasteiger charge is 2.51. The number of carbonyl (C=O) groups is 3. The number of esters is 1. The number of ketones is 2. The second-order valence-electron chi connectivity index (χ2n) is 4.88. The molecule has 0 aliphatic heterocycles. The highest BCUT2D eigenvalue weighted by molar-refractivity contribution is 6.21. The van der Waals surface area contributed by atoms with E-state index in [-0.39, 0.29) is 12.2 Å². The topological polar surface area (TPSA) is 72.8 Å². The molecule has 0 aromatic carbocycles. The summed E-state index contributed by atoms with van der Waals surface area (Å²) in [5, 5.41) is 0. The van der Waals surface area contributed by atoms with E-state index in [0.29, 0.717) is 0 Å². The third-order valence-corrected chi connectivity index (χ3v) is 3.08. The Bertz CT molecular complexity index is 384. The van der Waals surface area contributed by atoms with Crippen LogP contribution >= 0.6 is 0 Å². The summed E-state index contributed by atoms with van der Waals surface area (Å²) in [6.45, 7) is 3.45. The third kappa shape index (κ3) is 2.43. The SMILES string of the molecule is CN=C[C@H]1C(=O)CC(C)(C)[C@H](C(=O)OC)C1=O. The zero-order valence-corrected chi connectivity index (χ0v) is 10.5. The van der Waals surface area contributed by atoms with E-state index in [1.54, 1.807) is 13.8 Å². The Kier molecular flexibility index (Phi) is 3.80. The Morgan fingerprint density at radius 3 is 2.53 bits per heavy atom. The van der Waals surface area contributed by atoms with Gasteiger partial charge in [0.15, 0.2) is 5.78 Å². The predicted octanol–water partition coefficient (Wildman–Crippen LogP) is 0.660. The van der Waals surface area contributed by atoms with Crippen LogP contribution in [0.2, 0.25) is 0 Å². The largest absolute Gasteiger partial charge is 0.468 e. The molecule has 5 heteroatoms. The van der Waals surface area contributed by atoms with Gasteiger partial charge in [-0.15, -0.1) is 0 Å². The van der Waals surface area contributed by atoms with Crippen molar-refractivity contribution in [3.8, 4) is 0 Å². The van der Waals surface area contributed by atoms with Crippen LogP contribution in [0.25, 0.3) is 0 Å². The molecule has 0 unspecified atom stereocenters. The summed E-state index contributed by atoms with van der Waals surface area (Å²) in [6.07, 6.45) is 1.48. The van der Waals surface area contributed by atoms with Gasteiger partial charge in [-0.2, -0.15) is 0 Å². The molecule has 1 fully saturated rings. The van der Waals surface area contributed by atoms with Crippen LogP contribution in [-0.4, -0.2) is 37.9 Å². The van der Waals surface area contributed by atoms with Crippen molar-refractivity contribution in [2.24, 2.45) is 22.2 Å². The second-order valence-corrected chi connectivity index (χ2v) is 4.88. The summed E-state index contributed by atoms with van der Waals surface area (Å²) in [7, 11) is 2.73. The van der Waals surface area contributed by atoms with Crippen LogP contribution in [0.1, 0.15) is 20.3 Å². The van der Waals surface area contributed by atoms with E-state index in [0.717, 1.165) is 0 Å². The van der Waals surface area contributed by atoms with Gasteiger partial charge in [-0.25, -0.2) is 0 Å². The van der Waals surface area contributed by atoms with Crippen LogP contribution in [0.3, 0.4) is 0 Å². The summed E-state index contributed by atoms with van der Waals surface area (Å²) in [4.78, 5) is 39.3. The van der Waals surface area contributed by atoms with Crippen LogP contribution in [0.5, 0.6) is 0 Å². The van der Waals surface area contributed by atoms with E-state index in [1.807, 2.05) is 0 Å². The van der Waals surface area contributed by atoms with Gasteiger partial charge >= 0.3 is 5.97 Å². The van der Waals surface area contributed by atoms with Gasteiger partial charge in [0.25, 0.3) is 0 Å². The molecule has 0 aromatic rings. The number of Topliss-reactive ketones (excluding diaryl/α,β-unsaturated/α-hetero) is 2. The lowest BCUT2D eigenvalue weighted by Gasteiger charge is -2.36. The first kappa shape index (κ1) is 13.5. The van der Waals surface area contributed by atoms with Crippen LogP contribution in [0, 0.1) is 17.3 Å². The van der Waals surface area contributed by atoms with Gasteiger partial charge in [0.05, 0.1) is 7.11 Å². The minimum Gasteiger partial charge on any atom is -0.468 e. The minimum absolute atomic E-state index is 0.176. The van der Waals surface area contributed by atoms with Crippen LogP contribution in [-0.2, 0) is 19.1 Å². The van der Waals surface area contributed by atoms with Crippen molar-refractivity contribution >= 4 is 23.8 Å². The van der Waals surface area contributed by atoms with E-state index in [4.69, 9.17) is 0 Å². The Morgan fingerprint density at radius 2 is 2.06 bits per heavy atom. The number of aliphatic imine (C=N–C) groups is 1. The van der Waals surface area contributed by atoms with E-state index >= 15 is 0 Å². The van der Waals surface area contributed by atoms with Gasteiger partial charge in [0.1, 0.15) is 17.6 Å². The highest BCUT2D eigenvalue weighted by atomic mass is 16.5. The summed E-state index contributed by atoms with van der Waals surface area (Å²) in [5.74, 6) is -2.98. The lowest BCUT2D eigenvalue weighted by Crippen LogP contribution is -2.50. The summed E-state index contributed by atoms with van der Waals surface area (Å²) < 4.78 is 4.64. The Labute approximate surface area is 100 Å². The van der Waals surface area contributed by atoms with Gasteiger partial charge in [-0.05, 0) is 5.41 Å². The Morgan fingerprint density at radius 1 is 1.47 bits per heavy atom. The number of hydrogen-bond donors (Lipinski definition) is 0. The van der Waals surface area contributed by atoms with Crippen molar-refractivity contribution < 1.29 is 19.1 Å². The predicted molar refractivity (Wildman–Crippen MR) is 61.8 cm³/mol. The van der Waals surface area contributed by atoms with Gasteiger partial charge in [0.2, 0.25) is 0 Å². The van der Waals surface area contributed by atoms with Gasteiger partial charge < -0.3 is 4.74 Å². The number of ether oxygens (including phenoxy) is 1. The molecule has 0 bridgehead atoms. The molecule has 2 atom stereocenters. The maximum atomic E-state index is 12.1. The van der Waals surface area contributed by atoms with Crippen LogP contribution < -0.4 is 0 Å². The maximum absolute atomic E-state index is 12.1. The van der Waals surface area contributed by atoms with E-state index in [1.165, 1.54) is 20.4 Å². The maximum Gasteiger partial charge on any atom is 0.316 e. The summed E-state index contributed by atoms with van der Waals surface area (Å²) >= 11 is 0. The first-order valence-electron chi connectivity index (χ1n) is 5.41. The molecule has 0 amide bonds. The molecule has 0 spiro atoms. The quantitative estimate of drug-likeness (QED) is 0.403. The fraction of sp³-hybridized carbons (Fsp3) is 0.667. The van der Waals surface area contributed by atoms with Crippen molar-refractivity contribution in [3.05, 3.63) is 0 Å². The highest BCUT2D eigenvalue weighted by Crippen LogP contribution is 2.39. The number of methoxy groups -OCH3 is 1. The van der Waals surface area contributed by atoms with Crippen LogP contribution in [0.4, 0.5) is 0 Å². The smallest absolute Gasteiger partial charge is 0.316 e. The van der Waals surface area contributed by atoms with Crippen molar-refractivity contribution in [1.82, 2.24) is 0 Å². The van der Waals surface area contributed by atoms with Crippen LogP contribution in [0.15, 0.2) is 4.99 Å². The molecule has 0 aromatic heterocycles.